The van der Waals surface area contributed by atoms with Crippen LogP contribution in [0.2, 0.25) is 18.1 Å². The van der Waals surface area contributed by atoms with E-state index < -0.39 is 41.2 Å². The summed E-state index contributed by atoms with van der Waals surface area (Å²) >= 11 is 0. The molecule has 3 atom stereocenters. The number of rotatable bonds is 8. The summed E-state index contributed by atoms with van der Waals surface area (Å²) in [7, 11) is -5.81. The normalized spacial score (nSPS) is 18.3. The number of sulfone groups is 1. The summed E-state index contributed by atoms with van der Waals surface area (Å²) in [6.07, 6.45) is -2.77. The predicted molar refractivity (Wildman–Crippen MR) is 107 cm³/mol. The summed E-state index contributed by atoms with van der Waals surface area (Å²) in [6, 6.07) is 0. The molecular formula is C18H40O5SSi. The van der Waals surface area contributed by atoms with Gasteiger partial charge in [0.2, 0.25) is 0 Å². The third-order valence-electron chi connectivity index (χ3n) is 5.06. The SMILES string of the molecule is CC(C)CC(O)C(O)C(CS(=O)(=O)C(C)(C)C)O[Si](C)(C)C(C)(C)C. The van der Waals surface area contributed by atoms with Gasteiger partial charge in [-0.2, -0.15) is 0 Å². The minimum Gasteiger partial charge on any atom is -0.410 e. The first kappa shape index (κ1) is 25.0. The maximum absolute atomic E-state index is 12.7. The lowest BCUT2D eigenvalue weighted by Gasteiger charge is -2.41. The van der Waals surface area contributed by atoms with E-state index in [0.29, 0.717) is 6.42 Å². The molecule has 0 aromatic heterocycles. The largest absolute Gasteiger partial charge is 0.410 e. The molecule has 0 aliphatic heterocycles. The quantitative estimate of drug-likeness (QED) is 0.615. The fourth-order valence-electron chi connectivity index (χ4n) is 2.09. The second-order valence-corrected chi connectivity index (χ2v) is 17.5. The number of aliphatic hydroxyl groups excluding tert-OH is 2. The molecule has 0 bridgehead atoms. The van der Waals surface area contributed by atoms with E-state index in [1.54, 1.807) is 20.8 Å². The number of hydrogen-bond acceptors (Lipinski definition) is 5. The average molecular weight is 397 g/mol. The first-order valence-electron chi connectivity index (χ1n) is 9.08. The molecule has 0 aliphatic carbocycles. The zero-order valence-corrected chi connectivity index (χ0v) is 19.6. The summed E-state index contributed by atoms with van der Waals surface area (Å²) < 4.78 is 30.7. The van der Waals surface area contributed by atoms with Crippen molar-refractivity contribution in [2.45, 2.75) is 103 Å². The summed E-state index contributed by atoms with van der Waals surface area (Å²) in [6.45, 7) is 19.0. The van der Waals surface area contributed by atoms with Crippen LogP contribution in [0.4, 0.5) is 0 Å². The molecule has 3 unspecified atom stereocenters. The molecule has 0 rings (SSSR count). The molecule has 25 heavy (non-hydrogen) atoms. The summed E-state index contributed by atoms with van der Waals surface area (Å²) in [4.78, 5) is 0. The molecule has 0 aromatic carbocycles. The Morgan fingerprint density at radius 3 is 1.76 bits per heavy atom. The van der Waals surface area contributed by atoms with Crippen LogP contribution in [0.25, 0.3) is 0 Å². The van der Waals surface area contributed by atoms with E-state index in [1.165, 1.54) is 0 Å². The van der Waals surface area contributed by atoms with Crippen molar-refractivity contribution < 1.29 is 23.1 Å². The van der Waals surface area contributed by atoms with Gasteiger partial charge in [0.15, 0.2) is 18.2 Å². The Balaban J connectivity index is 5.68. The van der Waals surface area contributed by atoms with E-state index in [9.17, 15) is 18.6 Å². The van der Waals surface area contributed by atoms with E-state index in [0.717, 1.165) is 0 Å². The van der Waals surface area contributed by atoms with Crippen LogP contribution in [0, 0.1) is 5.92 Å². The molecule has 0 fully saturated rings. The minimum absolute atomic E-state index is 0.126. The van der Waals surface area contributed by atoms with Crippen molar-refractivity contribution in [2.75, 3.05) is 5.75 Å². The molecule has 5 nitrogen and oxygen atoms in total. The lowest BCUT2D eigenvalue weighted by molar-refractivity contribution is -0.0524. The van der Waals surface area contributed by atoms with Gasteiger partial charge in [-0.25, -0.2) is 8.42 Å². The Labute approximate surface area is 156 Å². The first-order valence-corrected chi connectivity index (χ1v) is 13.6. The summed E-state index contributed by atoms with van der Waals surface area (Å²) in [5.41, 5.74) is 0. The van der Waals surface area contributed by atoms with Crippen LogP contribution in [0.3, 0.4) is 0 Å². The van der Waals surface area contributed by atoms with Crippen LogP contribution in [0.1, 0.15) is 61.8 Å². The number of hydrogen-bond donors (Lipinski definition) is 2. The van der Waals surface area contributed by atoms with Crippen molar-refractivity contribution in [3.05, 3.63) is 0 Å². The van der Waals surface area contributed by atoms with Gasteiger partial charge in [0, 0.05) is 0 Å². The lowest BCUT2D eigenvalue weighted by atomic mass is 9.99. The van der Waals surface area contributed by atoms with Gasteiger partial charge in [-0.1, -0.05) is 34.6 Å². The molecule has 152 valence electrons. The van der Waals surface area contributed by atoms with Crippen LogP contribution in [0.5, 0.6) is 0 Å². The Morgan fingerprint density at radius 1 is 1.00 bits per heavy atom. The van der Waals surface area contributed by atoms with Gasteiger partial charge in [0.05, 0.1) is 22.7 Å². The summed E-state index contributed by atoms with van der Waals surface area (Å²) in [5.74, 6) is -0.100. The molecule has 0 amide bonds. The van der Waals surface area contributed by atoms with Crippen LogP contribution in [-0.2, 0) is 14.3 Å². The van der Waals surface area contributed by atoms with E-state index in [2.05, 4.69) is 20.8 Å². The molecule has 2 N–H and O–H groups in total. The highest BCUT2D eigenvalue weighted by atomic mass is 32.2. The van der Waals surface area contributed by atoms with E-state index >= 15 is 0 Å². The fourth-order valence-corrected chi connectivity index (χ4v) is 4.75. The monoisotopic (exact) mass is 396 g/mol. The van der Waals surface area contributed by atoms with Gasteiger partial charge < -0.3 is 14.6 Å². The van der Waals surface area contributed by atoms with Crippen molar-refractivity contribution in [2.24, 2.45) is 5.92 Å². The standard InChI is InChI=1S/C18H40O5SSi/c1-13(2)11-14(19)16(20)15(12-24(21,22)17(3,4)5)23-25(9,10)18(6,7)8/h13-16,19-20H,11-12H2,1-10H3. The molecular weight excluding hydrogens is 356 g/mol. The zero-order valence-electron chi connectivity index (χ0n) is 17.8. The van der Waals surface area contributed by atoms with Gasteiger partial charge in [0.25, 0.3) is 0 Å². The van der Waals surface area contributed by atoms with Crippen LogP contribution in [-0.4, -0.2) is 55.8 Å². The highest BCUT2D eigenvalue weighted by molar-refractivity contribution is 7.92. The van der Waals surface area contributed by atoms with Crippen molar-refractivity contribution in [3.8, 4) is 0 Å². The van der Waals surface area contributed by atoms with Gasteiger partial charge in [0.1, 0.15) is 6.10 Å². The minimum atomic E-state index is -3.50. The van der Waals surface area contributed by atoms with Gasteiger partial charge in [-0.15, -0.1) is 0 Å². The van der Waals surface area contributed by atoms with Crippen molar-refractivity contribution in [1.82, 2.24) is 0 Å². The second kappa shape index (κ2) is 8.38. The van der Waals surface area contributed by atoms with E-state index in [1.807, 2.05) is 26.9 Å². The highest BCUT2D eigenvalue weighted by Crippen LogP contribution is 2.38. The van der Waals surface area contributed by atoms with Crippen molar-refractivity contribution >= 4 is 18.2 Å². The molecule has 0 aromatic rings. The lowest BCUT2D eigenvalue weighted by Crippen LogP contribution is -2.53. The molecule has 0 saturated carbocycles. The third kappa shape index (κ3) is 7.29. The van der Waals surface area contributed by atoms with Crippen LogP contribution >= 0.6 is 0 Å². The number of aliphatic hydroxyl groups is 2. The Bertz CT molecular complexity index is 515. The van der Waals surface area contributed by atoms with Gasteiger partial charge in [-0.3, -0.25) is 0 Å². The zero-order chi connectivity index (χ0) is 20.4. The third-order valence-corrected chi connectivity index (χ3v) is 12.2. The Morgan fingerprint density at radius 2 is 1.44 bits per heavy atom. The average Bonchev–Trinajstić information content (AvgIpc) is 2.32. The molecule has 0 aliphatic rings. The topological polar surface area (TPSA) is 83.8 Å². The van der Waals surface area contributed by atoms with Crippen LogP contribution in [0.15, 0.2) is 0 Å². The van der Waals surface area contributed by atoms with E-state index in [-0.39, 0.29) is 16.7 Å². The molecule has 0 saturated heterocycles. The molecule has 0 spiro atoms. The summed E-state index contributed by atoms with van der Waals surface area (Å²) in [5, 5.41) is 20.9. The molecule has 7 heteroatoms. The van der Waals surface area contributed by atoms with Gasteiger partial charge in [-0.05, 0) is 51.2 Å². The maximum Gasteiger partial charge on any atom is 0.192 e. The molecule has 0 radical (unpaired) electrons. The Kier molecular flexibility index (Phi) is 8.39. The maximum atomic E-state index is 12.7. The first-order chi connectivity index (χ1) is 10.8. The van der Waals surface area contributed by atoms with E-state index in [4.69, 9.17) is 4.43 Å². The Hall–Kier alpha value is 0.0469. The van der Waals surface area contributed by atoms with Crippen LogP contribution < -0.4 is 0 Å². The fraction of sp³-hybridized carbons (Fsp3) is 1.00. The van der Waals surface area contributed by atoms with Gasteiger partial charge >= 0.3 is 0 Å². The van der Waals surface area contributed by atoms with Crippen molar-refractivity contribution in [1.29, 1.82) is 0 Å². The smallest absolute Gasteiger partial charge is 0.192 e. The highest BCUT2D eigenvalue weighted by Gasteiger charge is 2.44. The predicted octanol–water partition coefficient (Wildman–Crippen LogP) is 3.36. The second-order valence-electron chi connectivity index (χ2n) is 10.00. The van der Waals surface area contributed by atoms with Crippen molar-refractivity contribution in [3.63, 3.8) is 0 Å². The molecule has 0 heterocycles.